The lowest BCUT2D eigenvalue weighted by Crippen LogP contribution is -2.31. The lowest BCUT2D eigenvalue weighted by molar-refractivity contribution is -0.108. The van der Waals surface area contributed by atoms with Crippen molar-refractivity contribution in [1.82, 2.24) is 10.3 Å². The van der Waals surface area contributed by atoms with Crippen LogP contribution in [-0.4, -0.2) is 51.0 Å². The molecule has 0 spiro atoms. The number of benzene rings is 1. The predicted molar refractivity (Wildman–Crippen MR) is 103 cm³/mol. The maximum Gasteiger partial charge on any atom is 0.204 e. The molecule has 0 amide bonds. The van der Waals surface area contributed by atoms with E-state index in [1.54, 1.807) is 18.3 Å². The summed E-state index contributed by atoms with van der Waals surface area (Å²) in [4.78, 5) is 29.1. The molecule has 148 valence electrons. The first-order valence-electron chi connectivity index (χ1n) is 9.02. The molecule has 1 aromatic carbocycles. The van der Waals surface area contributed by atoms with Crippen LogP contribution in [0.15, 0.2) is 36.5 Å². The Morgan fingerprint density at radius 3 is 2.57 bits per heavy atom. The number of nitrogens with one attached hydrogen (secondary N) is 1. The summed E-state index contributed by atoms with van der Waals surface area (Å²) in [5.41, 5.74) is 0.706. The van der Waals surface area contributed by atoms with E-state index >= 15 is 0 Å². The third kappa shape index (κ3) is 3.45. The number of aldehydes is 1. The summed E-state index contributed by atoms with van der Waals surface area (Å²) in [5.74, 6) is 1.07. The van der Waals surface area contributed by atoms with Gasteiger partial charge in [0.15, 0.2) is 17.3 Å². The van der Waals surface area contributed by atoms with Gasteiger partial charge in [-0.2, -0.15) is 0 Å². The number of aromatic nitrogens is 1. The van der Waals surface area contributed by atoms with Crippen LogP contribution < -0.4 is 19.5 Å². The first-order chi connectivity index (χ1) is 13.6. The van der Waals surface area contributed by atoms with E-state index in [0.29, 0.717) is 42.2 Å². The lowest BCUT2D eigenvalue weighted by Gasteiger charge is -2.25. The van der Waals surface area contributed by atoms with Crippen LogP contribution in [-0.2, 0) is 10.2 Å². The highest BCUT2D eigenvalue weighted by Gasteiger charge is 2.44. The van der Waals surface area contributed by atoms with Gasteiger partial charge in [-0.3, -0.25) is 9.78 Å². The van der Waals surface area contributed by atoms with Crippen LogP contribution in [0.2, 0.25) is 0 Å². The van der Waals surface area contributed by atoms with Crippen molar-refractivity contribution in [2.75, 3.05) is 27.9 Å². The van der Waals surface area contributed by atoms with E-state index in [4.69, 9.17) is 14.2 Å². The van der Waals surface area contributed by atoms with E-state index in [1.807, 2.05) is 18.2 Å². The molecular formula is C21H24N2O5. The molecule has 2 atom stereocenters. The fraction of sp³-hybridized carbons (Fsp3) is 0.381. The first-order valence-corrected chi connectivity index (χ1v) is 9.02. The van der Waals surface area contributed by atoms with Gasteiger partial charge >= 0.3 is 0 Å². The molecule has 1 aromatic heterocycles. The minimum atomic E-state index is -0.507. The number of Topliss-reactive ketones (excluding diaryl/α,β-unsaturated/α-hetero) is 1. The van der Waals surface area contributed by atoms with Crippen molar-refractivity contribution >= 4 is 12.1 Å². The van der Waals surface area contributed by atoms with Crippen LogP contribution in [0.1, 0.15) is 28.9 Å². The minimum Gasteiger partial charge on any atom is -0.493 e. The molecule has 7 nitrogen and oxygen atoms in total. The number of carbonyl (C=O) groups is 2. The molecular weight excluding hydrogens is 360 g/mol. The number of ketones is 1. The summed E-state index contributed by atoms with van der Waals surface area (Å²) in [6, 6.07) is 8.51. The smallest absolute Gasteiger partial charge is 0.204 e. The number of carbonyl (C=O) groups excluding carboxylic acids is 2. The maximum absolute atomic E-state index is 13.3. The Balaban J connectivity index is 1.93. The van der Waals surface area contributed by atoms with Crippen molar-refractivity contribution in [2.24, 2.45) is 0 Å². The Hall–Kier alpha value is -2.93. The molecule has 1 aliphatic heterocycles. The molecule has 1 fully saturated rings. The standard InChI is InChI=1S/C21H24N2O5/c1-26-16-8-7-14(19(27-2)20(16)28-3)18(25)15-12-21(9-11-24,13-23-15)17-6-4-5-10-22-17/h4-8,10-11,15,23H,9,12-13H2,1-3H3. The van der Waals surface area contributed by atoms with Gasteiger partial charge in [-0.1, -0.05) is 6.07 Å². The monoisotopic (exact) mass is 384 g/mol. The normalized spacial score (nSPS) is 21.2. The highest BCUT2D eigenvalue weighted by Crippen LogP contribution is 2.42. The molecule has 0 bridgehead atoms. The summed E-state index contributed by atoms with van der Waals surface area (Å²) in [6.07, 6.45) is 3.36. The molecule has 0 radical (unpaired) electrons. The largest absolute Gasteiger partial charge is 0.493 e. The Labute approximate surface area is 164 Å². The summed E-state index contributed by atoms with van der Waals surface area (Å²) in [7, 11) is 4.51. The van der Waals surface area contributed by atoms with Gasteiger partial charge in [0.25, 0.3) is 0 Å². The van der Waals surface area contributed by atoms with Crippen molar-refractivity contribution in [3.8, 4) is 17.2 Å². The fourth-order valence-electron chi connectivity index (χ4n) is 3.81. The molecule has 1 N–H and O–H groups in total. The van der Waals surface area contributed by atoms with Crippen LogP contribution in [0, 0.1) is 0 Å². The topological polar surface area (TPSA) is 86.8 Å². The Kier molecular flexibility index (Phi) is 5.94. The van der Waals surface area contributed by atoms with E-state index in [-0.39, 0.29) is 5.78 Å². The number of hydrogen-bond donors (Lipinski definition) is 1. The first kappa shape index (κ1) is 19.8. The van der Waals surface area contributed by atoms with Gasteiger partial charge in [0, 0.05) is 30.3 Å². The van der Waals surface area contributed by atoms with E-state index in [9.17, 15) is 9.59 Å². The third-order valence-corrected chi connectivity index (χ3v) is 5.25. The lowest BCUT2D eigenvalue weighted by atomic mass is 9.78. The number of nitrogens with zero attached hydrogens (tertiary/aromatic N) is 1. The van der Waals surface area contributed by atoms with Crippen molar-refractivity contribution in [1.29, 1.82) is 0 Å². The molecule has 28 heavy (non-hydrogen) atoms. The molecule has 1 aliphatic rings. The van der Waals surface area contributed by atoms with Gasteiger partial charge in [0.1, 0.15) is 6.29 Å². The molecule has 2 heterocycles. The summed E-state index contributed by atoms with van der Waals surface area (Å²) in [6.45, 7) is 0.495. The number of pyridine rings is 1. The van der Waals surface area contributed by atoms with Gasteiger partial charge in [-0.15, -0.1) is 0 Å². The fourth-order valence-corrected chi connectivity index (χ4v) is 3.81. The Bertz CT molecular complexity index is 855. The van der Waals surface area contributed by atoms with Gasteiger partial charge in [-0.05, 0) is 30.7 Å². The van der Waals surface area contributed by atoms with Crippen LogP contribution in [0.25, 0.3) is 0 Å². The molecule has 0 saturated carbocycles. The Morgan fingerprint density at radius 1 is 1.18 bits per heavy atom. The third-order valence-electron chi connectivity index (χ3n) is 5.25. The van der Waals surface area contributed by atoms with Crippen molar-refractivity contribution in [2.45, 2.75) is 24.3 Å². The molecule has 2 aromatic rings. The van der Waals surface area contributed by atoms with Gasteiger partial charge in [-0.25, -0.2) is 0 Å². The van der Waals surface area contributed by atoms with Crippen LogP contribution in [0.4, 0.5) is 0 Å². The summed E-state index contributed by atoms with van der Waals surface area (Å²) < 4.78 is 16.1. The summed E-state index contributed by atoms with van der Waals surface area (Å²) >= 11 is 0. The highest BCUT2D eigenvalue weighted by atomic mass is 16.5. The van der Waals surface area contributed by atoms with Crippen LogP contribution >= 0.6 is 0 Å². The zero-order valence-corrected chi connectivity index (χ0v) is 16.2. The summed E-state index contributed by atoms with van der Waals surface area (Å²) in [5, 5.41) is 3.27. The van der Waals surface area contributed by atoms with Crippen LogP contribution in [0.5, 0.6) is 17.2 Å². The zero-order chi connectivity index (χ0) is 20.1. The number of rotatable bonds is 8. The molecule has 2 unspecified atom stereocenters. The van der Waals surface area contributed by atoms with Crippen LogP contribution in [0.3, 0.4) is 0 Å². The van der Waals surface area contributed by atoms with Crippen molar-refractivity contribution in [3.63, 3.8) is 0 Å². The second kappa shape index (κ2) is 8.39. The number of ether oxygens (including phenoxy) is 3. The van der Waals surface area contributed by atoms with E-state index < -0.39 is 11.5 Å². The Morgan fingerprint density at radius 2 is 1.96 bits per heavy atom. The molecule has 0 aliphatic carbocycles. The van der Waals surface area contributed by atoms with Crippen molar-refractivity contribution in [3.05, 3.63) is 47.8 Å². The molecule has 3 rings (SSSR count). The second-order valence-corrected chi connectivity index (χ2v) is 6.75. The highest BCUT2D eigenvalue weighted by molar-refractivity contribution is 6.03. The maximum atomic E-state index is 13.3. The average molecular weight is 384 g/mol. The number of methoxy groups -OCH3 is 3. The van der Waals surface area contributed by atoms with E-state index in [0.717, 1.165) is 12.0 Å². The average Bonchev–Trinajstić information content (AvgIpc) is 3.18. The number of hydrogen-bond acceptors (Lipinski definition) is 7. The quantitative estimate of drug-likeness (QED) is 0.551. The minimum absolute atomic E-state index is 0.124. The van der Waals surface area contributed by atoms with E-state index in [1.165, 1.54) is 21.3 Å². The molecule has 1 saturated heterocycles. The predicted octanol–water partition coefficient (Wildman–Crippen LogP) is 2.18. The SMILES string of the molecule is COc1ccc(C(=O)C2CC(CC=O)(c3ccccn3)CN2)c(OC)c1OC. The second-order valence-electron chi connectivity index (χ2n) is 6.75. The van der Waals surface area contributed by atoms with Gasteiger partial charge in [0.05, 0.1) is 32.9 Å². The van der Waals surface area contributed by atoms with Gasteiger partial charge in [0.2, 0.25) is 5.75 Å². The molecule has 7 heteroatoms. The van der Waals surface area contributed by atoms with Gasteiger partial charge < -0.3 is 24.3 Å². The van der Waals surface area contributed by atoms with E-state index in [2.05, 4.69) is 10.3 Å². The zero-order valence-electron chi connectivity index (χ0n) is 16.2. The van der Waals surface area contributed by atoms with Crippen molar-refractivity contribution < 1.29 is 23.8 Å².